The third-order valence-electron chi connectivity index (χ3n) is 5.25. The van der Waals surface area contributed by atoms with E-state index >= 15 is 0 Å². The molecule has 0 spiro atoms. The first kappa shape index (κ1) is 16.4. The molecule has 1 amide bonds. The minimum absolute atomic E-state index is 0.214. The molecule has 2 aliphatic heterocycles. The Balaban J connectivity index is 1.57. The van der Waals surface area contributed by atoms with Crippen molar-refractivity contribution in [3.8, 4) is 0 Å². The molecule has 3 heterocycles. The van der Waals surface area contributed by atoms with Crippen molar-refractivity contribution in [2.75, 3.05) is 39.3 Å². The largest absolute Gasteiger partial charge is 0.342 e. The van der Waals surface area contributed by atoms with Crippen LogP contribution in [0.15, 0.2) is 24.5 Å². The van der Waals surface area contributed by atoms with Crippen LogP contribution in [0.25, 0.3) is 0 Å². The number of nitrogens with zero attached hydrogens (tertiary/aromatic N) is 4. The van der Waals surface area contributed by atoms with Crippen LogP contribution in [-0.2, 0) is 11.3 Å². The molecule has 2 unspecified atom stereocenters. The first-order valence-corrected chi connectivity index (χ1v) is 8.74. The summed E-state index contributed by atoms with van der Waals surface area (Å²) < 4.78 is 0. The number of aromatic nitrogens is 1. The highest BCUT2D eigenvalue weighted by Gasteiger charge is 2.34. The number of hydrogen-bond acceptors (Lipinski definition) is 4. The maximum absolute atomic E-state index is 11.6. The van der Waals surface area contributed by atoms with Crippen molar-refractivity contribution >= 4 is 5.91 Å². The number of carbonyl (C=O) groups is 1. The highest BCUT2D eigenvalue weighted by molar-refractivity contribution is 5.73. The van der Waals surface area contributed by atoms with Crippen LogP contribution in [0.3, 0.4) is 0 Å². The summed E-state index contributed by atoms with van der Waals surface area (Å²) in [7, 11) is 0. The van der Waals surface area contributed by atoms with Gasteiger partial charge in [-0.3, -0.25) is 19.6 Å². The normalized spacial score (nSPS) is 27.1. The SMILES string of the molecule is CC(=O)N1CCCN(C2CN(Cc3ccncc3)CC2C)CC1. The Kier molecular flexibility index (Phi) is 5.28. The third-order valence-corrected chi connectivity index (χ3v) is 5.25. The highest BCUT2D eigenvalue weighted by Crippen LogP contribution is 2.24. The second-order valence-electron chi connectivity index (χ2n) is 6.99. The molecule has 23 heavy (non-hydrogen) atoms. The molecule has 1 aromatic heterocycles. The summed E-state index contributed by atoms with van der Waals surface area (Å²) >= 11 is 0. The van der Waals surface area contributed by atoms with Crippen LogP contribution in [0.2, 0.25) is 0 Å². The number of amides is 1. The van der Waals surface area contributed by atoms with Gasteiger partial charge in [-0.05, 0) is 30.0 Å². The summed E-state index contributed by atoms with van der Waals surface area (Å²) in [6.07, 6.45) is 4.84. The molecule has 2 saturated heterocycles. The van der Waals surface area contributed by atoms with Gasteiger partial charge in [-0.15, -0.1) is 0 Å². The van der Waals surface area contributed by atoms with Crippen molar-refractivity contribution in [2.45, 2.75) is 32.9 Å². The van der Waals surface area contributed by atoms with Gasteiger partial charge in [0.05, 0.1) is 0 Å². The number of carbonyl (C=O) groups excluding carboxylic acids is 1. The Bertz CT molecular complexity index is 521. The van der Waals surface area contributed by atoms with Gasteiger partial charge >= 0.3 is 0 Å². The summed E-state index contributed by atoms with van der Waals surface area (Å²) in [5.74, 6) is 0.895. The molecule has 0 aromatic carbocycles. The minimum atomic E-state index is 0.214. The fourth-order valence-electron chi connectivity index (χ4n) is 3.98. The summed E-state index contributed by atoms with van der Waals surface area (Å²) in [5.41, 5.74) is 1.34. The Labute approximate surface area is 139 Å². The van der Waals surface area contributed by atoms with Gasteiger partial charge in [0.1, 0.15) is 0 Å². The Morgan fingerprint density at radius 3 is 2.70 bits per heavy atom. The fourth-order valence-corrected chi connectivity index (χ4v) is 3.98. The van der Waals surface area contributed by atoms with Gasteiger partial charge in [-0.1, -0.05) is 6.92 Å². The summed E-state index contributed by atoms with van der Waals surface area (Å²) in [6.45, 7) is 11.3. The number of likely N-dealkylation sites (tertiary alicyclic amines) is 1. The van der Waals surface area contributed by atoms with Gasteiger partial charge in [0.2, 0.25) is 5.91 Å². The van der Waals surface area contributed by atoms with E-state index in [1.807, 2.05) is 17.3 Å². The first-order chi connectivity index (χ1) is 11.1. The zero-order valence-electron chi connectivity index (χ0n) is 14.3. The molecule has 0 N–H and O–H groups in total. The van der Waals surface area contributed by atoms with Crippen LogP contribution in [0, 0.1) is 5.92 Å². The second-order valence-corrected chi connectivity index (χ2v) is 6.99. The van der Waals surface area contributed by atoms with Crippen LogP contribution < -0.4 is 0 Å². The first-order valence-electron chi connectivity index (χ1n) is 8.74. The Morgan fingerprint density at radius 2 is 1.96 bits per heavy atom. The van der Waals surface area contributed by atoms with Crippen LogP contribution in [0.5, 0.6) is 0 Å². The molecule has 3 rings (SSSR count). The molecule has 2 aliphatic rings. The molecule has 0 saturated carbocycles. The van der Waals surface area contributed by atoms with Crippen LogP contribution in [0.4, 0.5) is 0 Å². The van der Waals surface area contributed by atoms with Crippen LogP contribution in [-0.4, -0.2) is 70.9 Å². The van der Waals surface area contributed by atoms with Crippen LogP contribution in [0.1, 0.15) is 25.8 Å². The van der Waals surface area contributed by atoms with E-state index in [1.165, 1.54) is 5.56 Å². The molecular weight excluding hydrogens is 288 g/mol. The summed E-state index contributed by atoms with van der Waals surface area (Å²) in [5, 5.41) is 0. The highest BCUT2D eigenvalue weighted by atomic mass is 16.2. The standard InChI is InChI=1S/C18H28N4O/c1-15-12-20(13-17-4-6-19-7-5-17)14-18(15)22-9-3-8-21(10-11-22)16(2)23/h4-7,15,18H,3,8-14H2,1-2H3. The maximum Gasteiger partial charge on any atom is 0.219 e. The van der Waals surface area contributed by atoms with Gasteiger partial charge in [-0.2, -0.15) is 0 Å². The van der Waals surface area contributed by atoms with E-state index in [1.54, 1.807) is 6.92 Å². The molecule has 2 atom stereocenters. The molecule has 0 radical (unpaired) electrons. The molecule has 1 aromatic rings. The molecule has 126 valence electrons. The molecule has 2 fully saturated rings. The van der Waals surface area contributed by atoms with E-state index in [0.29, 0.717) is 12.0 Å². The lowest BCUT2D eigenvalue weighted by atomic mass is 10.0. The van der Waals surface area contributed by atoms with Gasteiger partial charge < -0.3 is 4.90 Å². The van der Waals surface area contributed by atoms with E-state index in [9.17, 15) is 4.79 Å². The van der Waals surface area contributed by atoms with Crippen molar-refractivity contribution in [3.63, 3.8) is 0 Å². The van der Waals surface area contributed by atoms with Crippen molar-refractivity contribution in [1.29, 1.82) is 0 Å². The van der Waals surface area contributed by atoms with Crippen molar-refractivity contribution in [2.24, 2.45) is 5.92 Å². The lowest BCUT2D eigenvalue weighted by molar-refractivity contribution is -0.128. The summed E-state index contributed by atoms with van der Waals surface area (Å²) in [6, 6.07) is 4.83. The average Bonchev–Trinajstić information content (AvgIpc) is 2.75. The lowest BCUT2D eigenvalue weighted by Crippen LogP contribution is -2.42. The third kappa shape index (κ3) is 4.09. The van der Waals surface area contributed by atoms with Gasteiger partial charge in [0.25, 0.3) is 0 Å². The summed E-state index contributed by atoms with van der Waals surface area (Å²) in [4.78, 5) is 22.8. The van der Waals surface area contributed by atoms with Gasteiger partial charge in [-0.25, -0.2) is 0 Å². The van der Waals surface area contributed by atoms with E-state index in [4.69, 9.17) is 0 Å². The quantitative estimate of drug-likeness (QED) is 0.846. The maximum atomic E-state index is 11.6. The van der Waals surface area contributed by atoms with Gasteiger partial charge in [0.15, 0.2) is 0 Å². The van der Waals surface area contributed by atoms with E-state index in [-0.39, 0.29) is 5.91 Å². The lowest BCUT2D eigenvalue weighted by Gasteiger charge is -2.30. The van der Waals surface area contributed by atoms with E-state index < -0.39 is 0 Å². The Morgan fingerprint density at radius 1 is 1.17 bits per heavy atom. The average molecular weight is 316 g/mol. The number of hydrogen-bond donors (Lipinski definition) is 0. The van der Waals surface area contributed by atoms with Gasteiger partial charge in [0, 0.05) is 71.2 Å². The fraction of sp³-hybridized carbons (Fsp3) is 0.667. The van der Waals surface area contributed by atoms with Crippen molar-refractivity contribution in [3.05, 3.63) is 30.1 Å². The molecule has 0 aliphatic carbocycles. The predicted molar refractivity (Wildman–Crippen MR) is 90.9 cm³/mol. The van der Waals surface area contributed by atoms with Crippen molar-refractivity contribution < 1.29 is 4.79 Å². The smallest absolute Gasteiger partial charge is 0.219 e. The zero-order chi connectivity index (χ0) is 16.2. The predicted octanol–water partition coefficient (Wildman–Crippen LogP) is 1.46. The molecule has 5 nitrogen and oxygen atoms in total. The van der Waals surface area contributed by atoms with Crippen molar-refractivity contribution in [1.82, 2.24) is 19.7 Å². The Hall–Kier alpha value is -1.46. The molecular formula is C18H28N4O. The number of rotatable bonds is 3. The van der Waals surface area contributed by atoms with Crippen LogP contribution >= 0.6 is 0 Å². The second kappa shape index (κ2) is 7.41. The minimum Gasteiger partial charge on any atom is -0.342 e. The zero-order valence-corrected chi connectivity index (χ0v) is 14.3. The molecule has 5 heteroatoms. The van der Waals surface area contributed by atoms with E-state index in [0.717, 1.165) is 52.2 Å². The topological polar surface area (TPSA) is 39.7 Å². The van der Waals surface area contributed by atoms with E-state index in [2.05, 4.69) is 33.8 Å². The monoisotopic (exact) mass is 316 g/mol. The number of pyridine rings is 1. The molecule has 0 bridgehead atoms.